The summed E-state index contributed by atoms with van der Waals surface area (Å²) in [5.41, 5.74) is 1.73. The Morgan fingerprint density at radius 3 is 2.35 bits per heavy atom. The number of rotatable bonds is 8. The molecule has 6 heteroatoms. The van der Waals surface area contributed by atoms with Crippen LogP contribution >= 0.6 is 0 Å². The highest BCUT2D eigenvalue weighted by Gasteiger charge is 2.26. The number of fused-ring (bicyclic) bond motifs is 1. The first-order chi connectivity index (χ1) is 15.1. The van der Waals surface area contributed by atoms with E-state index in [2.05, 4.69) is 4.90 Å². The molecule has 1 saturated heterocycles. The first kappa shape index (κ1) is 21.2. The SMILES string of the molecule is COc1cc(OC)cc(C2CN(CCC(=O)c3ccc(OC)c4ccccc34)CO2)c1. The van der Waals surface area contributed by atoms with Crippen molar-refractivity contribution in [2.75, 3.05) is 41.1 Å². The Morgan fingerprint density at radius 1 is 0.968 bits per heavy atom. The number of hydrogen-bond acceptors (Lipinski definition) is 6. The zero-order valence-corrected chi connectivity index (χ0v) is 18.1. The summed E-state index contributed by atoms with van der Waals surface area (Å²) in [7, 11) is 4.91. The molecule has 1 fully saturated rings. The number of nitrogens with zero attached hydrogens (tertiary/aromatic N) is 1. The molecule has 0 saturated carbocycles. The molecule has 1 unspecified atom stereocenters. The van der Waals surface area contributed by atoms with Crippen molar-refractivity contribution < 1.29 is 23.7 Å². The van der Waals surface area contributed by atoms with E-state index in [1.54, 1.807) is 21.3 Å². The van der Waals surface area contributed by atoms with Crippen molar-refractivity contribution in [3.8, 4) is 17.2 Å². The van der Waals surface area contributed by atoms with E-state index < -0.39 is 0 Å². The lowest BCUT2D eigenvalue weighted by atomic mass is 9.99. The van der Waals surface area contributed by atoms with Crippen LogP contribution in [0.1, 0.15) is 28.4 Å². The van der Waals surface area contributed by atoms with Crippen molar-refractivity contribution in [3.05, 3.63) is 65.7 Å². The maximum absolute atomic E-state index is 13.0. The molecule has 1 atom stereocenters. The normalized spacial score (nSPS) is 16.4. The smallest absolute Gasteiger partial charge is 0.164 e. The van der Waals surface area contributed by atoms with Gasteiger partial charge in [-0.2, -0.15) is 0 Å². The molecule has 3 aromatic rings. The molecule has 0 radical (unpaired) electrons. The number of carbonyl (C=O) groups is 1. The fourth-order valence-corrected chi connectivity index (χ4v) is 4.00. The molecule has 0 aromatic heterocycles. The average molecular weight is 421 g/mol. The molecule has 0 spiro atoms. The van der Waals surface area contributed by atoms with Crippen molar-refractivity contribution in [3.63, 3.8) is 0 Å². The van der Waals surface area contributed by atoms with Gasteiger partial charge in [-0.1, -0.05) is 24.3 Å². The Morgan fingerprint density at radius 2 is 1.68 bits per heavy atom. The monoisotopic (exact) mass is 421 g/mol. The molecule has 1 aliphatic rings. The number of benzene rings is 3. The second-order valence-corrected chi connectivity index (χ2v) is 7.54. The molecule has 0 aliphatic carbocycles. The standard InChI is InChI=1S/C25H27NO5/c1-28-18-12-17(13-19(14-18)29-2)25-15-26(16-31-25)11-10-23(27)21-8-9-24(30-3)22-7-5-4-6-20(21)22/h4-9,12-14,25H,10-11,15-16H2,1-3H3. The predicted molar refractivity (Wildman–Crippen MR) is 119 cm³/mol. The number of ketones is 1. The van der Waals surface area contributed by atoms with Gasteiger partial charge in [-0.05, 0) is 35.2 Å². The Labute approximate surface area is 182 Å². The van der Waals surface area contributed by atoms with Gasteiger partial charge in [0.05, 0.1) is 34.2 Å². The second kappa shape index (κ2) is 9.37. The van der Waals surface area contributed by atoms with E-state index >= 15 is 0 Å². The van der Waals surface area contributed by atoms with E-state index in [4.69, 9.17) is 18.9 Å². The Balaban J connectivity index is 1.42. The fourth-order valence-electron chi connectivity index (χ4n) is 4.00. The second-order valence-electron chi connectivity index (χ2n) is 7.54. The van der Waals surface area contributed by atoms with Crippen LogP contribution in [0.5, 0.6) is 17.2 Å². The summed E-state index contributed by atoms with van der Waals surface area (Å²) in [6.45, 7) is 1.84. The minimum Gasteiger partial charge on any atom is -0.497 e. The molecule has 4 rings (SSSR count). The van der Waals surface area contributed by atoms with Crippen molar-refractivity contribution >= 4 is 16.6 Å². The van der Waals surface area contributed by atoms with Crippen LogP contribution in [0.4, 0.5) is 0 Å². The Bertz CT molecular complexity index is 1060. The largest absolute Gasteiger partial charge is 0.497 e. The van der Waals surface area contributed by atoms with Gasteiger partial charge < -0.3 is 18.9 Å². The zero-order valence-electron chi connectivity index (χ0n) is 18.1. The van der Waals surface area contributed by atoms with Crippen LogP contribution in [-0.4, -0.2) is 51.8 Å². The van der Waals surface area contributed by atoms with Gasteiger partial charge in [0, 0.05) is 36.5 Å². The zero-order chi connectivity index (χ0) is 21.8. The van der Waals surface area contributed by atoms with E-state index in [1.165, 1.54) is 0 Å². The molecule has 1 heterocycles. The van der Waals surface area contributed by atoms with Crippen LogP contribution < -0.4 is 14.2 Å². The van der Waals surface area contributed by atoms with E-state index in [0.717, 1.165) is 39.1 Å². The minimum absolute atomic E-state index is 0.0825. The number of hydrogen-bond donors (Lipinski definition) is 0. The minimum atomic E-state index is -0.0825. The quantitative estimate of drug-likeness (QED) is 0.500. The van der Waals surface area contributed by atoms with Crippen molar-refractivity contribution in [1.82, 2.24) is 4.90 Å². The van der Waals surface area contributed by atoms with Gasteiger partial charge in [-0.3, -0.25) is 9.69 Å². The molecular weight excluding hydrogens is 394 g/mol. The molecule has 0 amide bonds. The van der Waals surface area contributed by atoms with Crippen LogP contribution in [0.25, 0.3) is 10.8 Å². The number of carbonyl (C=O) groups excluding carboxylic acids is 1. The van der Waals surface area contributed by atoms with Crippen LogP contribution in [-0.2, 0) is 4.74 Å². The molecule has 6 nitrogen and oxygen atoms in total. The molecule has 0 N–H and O–H groups in total. The highest BCUT2D eigenvalue weighted by Crippen LogP contribution is 2.32. The lowest BCUT2D eigenvalue weighted by Gasteiger charge is -2.15. The summed E-state index contributed by atoms with van der Waals surface area (Å²) in [5.74, 6) is 2.36. The molecule has 0 bridgehead atoms. The lowest BCUT2D eigenvalue weighted by Crippen LogP contribution is -2.24. The third-order valence-electron chi connectivity index (χ3n) is 5.69. The van der Waals surface area contributed by atoms with Gasteiger partial charge in [0.1, 0.15) is 17.2 Å². The lowest BCUT2D eigenvalue weighted by molar-refractivity contribution is 0.0850. The number of Topliss-reactive ketones (excluding diaryl/α,β-unsaturated/α-hetero) is 1. The van der Waals surface area contributed by atoms with E-state index in [1.807, 2.05) is 54.6 Å². The van der Waals surface area contributed by atoms with Crippen molar-refractivity contribution in [1.29, 1.82) is 0 Å². The van der Waals surface area contributed by atoms with Crippen LogP contribution in [0.3, 0.4) is 0 Å². The van der Waals surface area contributed by atoms with E-state index in [-0.39, 0.29) is 11.9 Å². The van der Waals surface area contributed by atoms with Gasteiger partial charge in [-0.15, -0.1) is 0 Å². The molecule has 162 valence electrons. The van der Waals surface area contributed by atoms with Gasteiger partial charge >= 0.3 is 0 Å². The third-order valence-corrected chi connectivity index (χ3v) is 5.69. The average Bonchev–Trinajstić information content (AvgIpc) is 3.30. The number of methoxy groups -OCH3 is 3. The van der Waals surface area contributed by atoms with Crippen LogP contribution in [0.2, 0.25) is 0 Å². The number of ether oxygens (including phenoxy) is 4. The third kappa shape index (κ3) is 4.50. The first-order valence-electron chi connectivity index (χ1n) is 10.3. The molecule has 1 aliphatic heterocycles. The first-order valence-corrected chi connectivity index (χ1v) is 10.3. The van der Waals surface area contributed by atoms with E-state index in [0.29, 0.717) is 26.2 Å². The fraction of sp³-hybridized carbons (Fsp3) is 0.320. The van der Waals surface area contributed by atoms with Crippen molar-refractivity contribution in [2.45, 2.75) is 12.5 Å². The Kier molecular flexibility index (Phi) is 6.39. The Hall–Kier alpha value is -3.09. The van der Waals surface area contributed by atoms with Crippen LogP contribution in [0.15, 0.2) is 54.6 Å². The topological polar surface area (TPSA) is 57.2 Å². The highest BCUT2D eigenvalue weighted by molar-refractivity contribution is 6.09. The maximum Gasteiger partial charge on any atom is 0.164 e. The van der Waals surface area contributed by atoms with Gasteiger partial charge in [0.15, 0.2) is 5.78 Å². The summed E-state index contributed by atoms with van der Waals surface area (Å²) in [4.78, 5) is 15.1. The summed E-state index contributed by atoms with van der Waals surface area (Å²) < 4.78 is 22.1. The highest BCUT2D eigenvalue weighted by atomic mass is 16.5. The molecule has 31 heavy (non-hydrogen) atoms. The summed E-state index contributed by atoms with van der Waals surface area (Å²) in [6, 6.07) is 17.3. The van der Waals surface area contributed by atoms with E-state index in [9.17, 15) is 4.79 Å². The molecular formula is C25H27NO5. The summed E-state index contributed by atoms with van der Waals surface area (Å²) in [5, 5.41) is 1.87. The van der Waals surface area contributed by atoms with Gasteiger partial charge in [-0.25, -0.2) is 0 Å². The summed E-state index contributed by atoms with van der Waals surface area (Å²) in [6.07, 6.45) is 0.342. The van der Waals surface area contributed by atoms with Crippen molar-refractivity contribution in [2.24, 2.45) is 0 Å². The molecule has 3 aromatic carbocycles. The maximum atomic E-state index is 13.0. The predicted octanol–water partition coefficient (Wildman–Crippen LogP) is 4.47. The van der Waals surface area contributed by atoms with Gasteiger partial charge in [0.25, 0.3) is 0 Å². The van der Waals surface area contributed by atoms with Crippen LogP contribution in [0, 0.1) is 0 Å². The van der Waals surface area contributed by atoms with Gasteiger partial charge in [0.2, 0.25) is 0 Å². The summed E-state index contributed by atoms with van der Waals surface area (Å²) >= 11 is 0.